The Bertz CT molecular complexity index is 663. The smallest absolute Gasteiger partial charge is 0.308 e. The summed E-state index contributed by atoms with van der Waals surface area (Å²) in [7, 11) is 0. The molecule has 0 radical (unpaired) electrons. The van der Waals surface area contributed by atoms with E-state index in [0.29, 0.717) is 5.69 Å². The lowest BCUT2D eigenvalue weighted by Crippen LogP contribution is -2.26. The van der Waals surface area contributed by atoms with E-state index >= 15 is 0 Å². The molecular weight excluding hydrogens is 244 g/mol. The minimum Gasteiger partial charge on any atom is -0.481 e. The van der Waals surface area contributed by atoms with Crippen molar-refractivity contribution in [2.45, 2.75) is 6.42 Å². The number of rotatable bonds is 2. The van der Waals surface area contributed by atoms with E-state index in [0.717, 1.165) is 10.8 Å². The van der Waals surface area contributed by atoms with Crippen LogP contribution in [0.5, 0.6) is 0 Å². The Morgan fingerprint density at radius 2 is 2.11 bits per heavy atom. The second kappa shape index (κ2) is 4.35. The molecule has 5 heteroatoms. The number of carbonyl (C=O) groups excluding carboxylic acids is 1. The minimum absolute atomic E-state index is 0.0541. The fraction of sp³-hybridized carbons (Fsp3) is 0.214. The second-order valence-electron chi connectivity index (χ2n) is 4.62. The van der Waals surface area contributed by atoms with Gasteiger partial charge in [0.15, 0.2) is 0 Å². The van der Waals surface area contributed by atoms with Gasteiger partial charge in [-0.1, -0.05) is 24.3 Å². The molecule has 19 heavy (non-hydrogen) atoms. The summed E-state index contributed by atoms with van der Waals surface area (Å²) in [6, 6.07) is 7.62. The lowest BCUT2D eigenvalue weighted by molar-refractivity contribution is -0.141. The van der Waals surface area contributed by atoms with Crippen molar-refractivity contribution in [3.05, 3.63) is 36.7 Å². The minimum atomic E-state index is -0.927. The third kappa shape index (κ3) is 1.93. The molecule has 1 fully saturated rings. The molecule has 96 valence electrons. The van der Waals surface area contributed by atoms with Gasteiger partial charge in [0.2, 0.25) is 5.91 Å². The number of pyridine rings is 1. The highest BCUT2D eigenvalue weighted by Crippen LogP contribution is 2.30. The number of anilines is 1. The molecule has 1 aliphatic rings. The van der Waals surface area contributed by atoms with Gasteiger partial charge in [-0.15, -0.1) is 0 Å². The summed E-state index contributed by atoms with van der Waals surface area (Å²) in [6.45, 7) is 0.212. The Labute approximate surface area is 109 Å². The molecule has 1 amide bonds. The highest BCUT2D eigenvalue weighted by molar-refractivity contribution is 6.06. The van der Waals surface area contributed by atoms with Crippen LogP contribution in [0.15, 0.2) is 36.7 Å². The molecular formula is C14H12N2O3. The predicted molar refractivity (Wildman–Crippen MR) is 69.8 cm³/mol. The van der Waals surface area contributed by atoms with Crippen LogP contribution in [-0.4, -0.2) is 28.5 Å². The van der Waals surface area contributed by atoms with Crippen molar-refractivity contribution in [2.75, 3.05) is 11.4 Å². The molecule has 2 heterocycles. The normalized spacial score (nSPS) is 19.1. The van der Waals surface area contributed by atoms with E-state index in [-0.39, 0.29) is 18.9 Å². The van der Waals surface area contributed by atoms with Gasteiger partial charge < -0.3 is 10.0 Å². The fourth-order valence-corrected chi connectivity index (χ4v) is 2.42. The molecule has 5 nitrogen and oxygen atoms in total. The average molecular weight is 256 g/mol. The summed E-state index contributed by atoms with van der Waals surface area (Å²) >= 11 is 0. The summed E-state index contributed by atoms with van der Waals surface area (Å²) < 4.78 is 0. The highest BCUT2D eigenvalue weighted by Gasteiger charge is 2.35. The van der Waals surface area contributed by atoms with E-state index in [1.165, 1.54) is 4.90 Å². The molecule has 3 rings (SSSR count). The van der Waals surface area contributed by atoms with Crippen LogP contribution in [0.2, 0.25) is 0 Å². The van der Waals surface area contributed by atoms with E-state index in [2.05, 4.69) is 4.98 Å². The first-order valence-corrected chi connectivity index (χ1v) is 6.03. The van der Waals surface area contributed by atoms with E-state index < -0.39 is 11.9 Å². The number of hydrogen-bond donors (Lipinski definition) is 1. The van der Waals surface area contributed by atoms with Gasteiger partial charge in [0.1, 0.15) is 0 Å². The predicted octanol–water partition coefficient (Wildman–Crippen LogP) is 1.67. The van der Waals surface area contributed by atoms with Crippen LogP contribution in [0.4, 0.5) is 5.69 Å². The Balaban J connectivity index is 2.05. The zero-order valence-electron chi connectivity index (χ0n) is 10.1. The SMILES string of the molecule is O=C(O)C1CC(=O)N(c2cncc3ccccc23)C1. The maximum atomic E-state index is 12.0. The van der Waals surface area contributed by atoms with Crippen molar-refractivity contribution in [1.29, 1.82) is 0 Å². The van der Waals surface area contributed by atoms with Crippen molar-refractivity contribution in [2.24, 2.45) is 5.92 Å². The van der Waals surface area contributed by atoms with Crippen LogP contribution in [-0.2, 0) is 9.59 Å². The van der Waals surface area contributed by atoms with Crippen molar-refractivity contribution < 1.29 is 14.7 Å². The maximum absolute atomic E-state index is 12.0. The third-order valence-corrected chi connectivity index (χ3v) is 3.41. The van der Waals surface area contributed by atoms with Gasteiger partial charge in [-0.3, -0.25) is 14.6 Å². The Morgan fingerprint density at radius 1 is 1.32 bits per heavy atom. The van der Waals surface area contributed by atoms with E-state index in [1.54, 1.807) is 12.4 Å². The van der Waals surface area contributed by atoms with Gasteiger partial charge in [-0.25, -0.2) is 0 Å². The van der Waals surface area contributed by atoms with E-state index in [4.69, 9.17) is 5.11 Å². The number of carboxylic acids is 1. The maximum Gasteiger partial charge on any atom is 0.308 e. The Kier molecular flexibility index (Phi) is 2.67. The van der Waals surface area contributed by atoms with Gasteiger partial charge in [-0.2, -0.15) is 0 Å². The molecule has 0 bridgehead atoms. The fourth-order valence-electron chi connectivity index (χ4n) is 2.42. The number of nitrogens with zero attached hydrogens (tertiary/aromatic N) is 2. The molecule has 2 aromatic rings. The number of aromatic nitrogens is 1. The molecule has 1 aromatic carbocycles. The standard InChI is InChI=1S/C14H12N2O3/c17-13-5-10(14(18)19)8-16(13)12-7-15-6-9-3-1-2-4-11(9)12/h1-4,6-7,10H,5,8H2,(H,18,19). The summed E-state index contributed by atoms with van der Waals surface area (Å²) in [4.78, 5) is 28.6. The molecule has 1 saturated heterocycles. The van der Waals surface area contributed by atoms with Gasteiger partial charge in [0, 0.05) is 29.9 Å². The van der Waals surface area contributed by atoms with Crippen molar-refractivity contribution >= 4 is 28.3 Å². The summed E-state index contributed by atoms with van der Waals surface area (Å²) in [5.41, 5.74) is 0.687. The van der Waals surface area contributed by atoms with Gasteiger partial charge in [0.05, 0.1) is 17.8 Å². The van der Waals surface area contributed by atoms with Crippen molar-refractivity contribution in [3.63, 3.8) is 0 Å². The quantitative estimate of drug-likeness (QED) is 0.887. The zero-order chi connectivity index (χ0) is 13.4. The number of aliphatic carboxylic acids is 1. The average Bonchev–Trinajstić information content (AvgIpc) is 2.80. The lowest BCUT2D eigenvalue weighted by atomic mass is 10.1. The molecule has 0 spiro atoms. The first-order chi connectivity index (χ1) is 9.16. The number of carboxylic acid groups (broad SMARTS) is 1. The molecule has 1 aliphatic heterocycles. The van der Waals surface area contributed by atoms with Gasteiger partial charge in [-0.05, 0) is 0 Å². The zero-order valence-corrected chi connectivity index (χ0v) is 10.1. The van der Waals surface area contributed by atoms with Gasteiger partial charge >= 0.3 is 5.97 Å². The van der Waals surface area contributed by atoms with Gasteiger partial charge in [0.25, 0.3) is 0 Å². The summed E-state index contributed by atoms with van der Waals surface area (Å²) in [5, 5.41) is 10.9. The van der Waals surface area contributed by atoms with E-state index in [1.807, 2.05) is 24.3 Å². The number of benzene rings is 1. The largest absolute Gasteiger partial charge is 0.481 e. The highest BCUT2D eigenvalue weighted by atomic mass is 16.4. The van der Waals surface area contributed by atoms with Crippen LogP contribution in [0.3, 0.4) is 0 Å². The molecule has 1 aromatic heterocycles. The molecule has 0 aliphatic carbocycles. The van der Waals surface area contributed by atoms with Crippen LogP contribution < -0.4 is 4.90 Å². The monoisotopic (exact) mass is 256 g/mol. The van der Waals surface area contributed by atoms with Crippen molar-refractivity contribution in [3.8, 4) is 0 Å². The van der Waals surface area contributed by atoms with Crippen molar-refractivity contribution in [1.82, 2.24) is 4.98 Å². The van der Waals surface area contributed by atoms with Crippen LogP contribution >= 0.6 is 0 Å². The molecule has 0 saturated carbocycles. The lowest BCUT2D eigenvalue weighted by Gasteiger charge is -2.17. The second-order valence-corrected chi connectivity index (χ2v) is 4.62. The first-order valence-electron chi connectivity index (χ1n) is 6.03. The summed E-state index contributed by atoms with van der Waals surface area (Å²) in [5.74, 6) is -1.72. The molecule has 1 N–H and O–H groups in total. The Hall–Kier alpha value is -2.43. The topological polar surface area (TPSA) is 70.5 Å². The molecule has 1 atom stereocenters. The van der Waals surface area contributed by atoms with Crippen LogP contribution in [0.25, 0.3) is 10.8 Å². The number of amides is 1. The van der Waals surface area contributed by atoms with E-state index in [9.17, 15) is 9.59 Å². The first kappa shape index (κ1) is 11.6. The molecule has 1 unspecified atom stereocenters. The number of fused-ring (bicyclic) bond motifs is 1. The Morgan fingerprint density at radius 3 is 2.84 bits per heavy atom. The number of hydrogen-bond acceptors (Lipinski definition) is 3. The number of carbonyl (C=O) groups is 2. The van der Waals surface area contributed by atoms with Crippen LogP contribution in [0, 0.1) is 5.92 Å². The third-order valence-electron chi connectivity index (χ3n) is 3.41. The summed E-state index contributed by atoms with van der Waals surface area (Å²) in [6.07, 6.45) is 3.40. The van der Waals surface area contributed by atoms with Crippen LogP contribution in [0.1, 0.15) is 6.42 Å².